The van der Waals surface area contributed by atoms with Gasteiger partial charge in [-0.25, -0.2) is 4.79 Å². The van der Waals surface area contributed by atoms with Crippen LogP contribution in [0.4, 0.5) is 4.79 Å². The van der Waals surface area contributed by atoms with Gasteiger partial charge in [0.25, 0.3) is 0 Å². The number of urea groups is 1. The Hall–Kier alpha value is -4.70. The number of amides is 5. The Balaban J connectivity index is 1.57. The molecule has 1 saturated heterocycles. The van der Waals surface area contributed by atoms with Gasteiger partial charge in [0.2, 0.25) is 17.7 Å². The summed E-state index contributed by atoms with van der Waals surface area (Å²) in [6.07, 6.45) is 3.60. The highest BCUT2D eigenvalue weighted by Crippen LogP contribution is 2.22. The second kappa shape index (κ2) is 19.3. The molecule has 49 heavy (non-hydrogen) atoms. The number of nitrogens with zero attached hydrogens (tertiary/aromatic N) is 2. The number of aryl methyl sites for hydroxylation is 1. The van der Waals surface area contributed by atoms with Crippen LogP contribution in [0.1, 0.15) is 49.8 Å². The molecule has 10 nitrogen and oxygen atoms in total. The summed E-state index contributed by atoms with van der Waals surface area (Å²) >= 11 is 0. The van der Waals surface area contributed by atoms with Crippen LogP contribution in [-0.4, -0.2) is 90.9 Å². The monoisotopic (exact) mass is 668 g/mol. The van der Waals surface area contributed by atoms with Crippen molar-refractivity contribution in [3.05, 3.63) is 108 Å². The first-order valence-electron chi connectivity index (χ1n) is 17.5. The molecule has 10 heteroatoms. The van der Waals surface area contributed by atoms with Crippen molar-refractivity contribution in [3.63, 3.8) is 0 Å². The van der Waals surface area contributed by atoms with E-state index in [1.807, 2.05) is 108 Å². The van der Waals surface area contributed by atoms with Crippen molar-refractivity contribution in [3.8, 4) is 0 Å². The van der Waals surface area contributed by atoms with Crippen LogP contribution in [0, 0.1) is 0 Å². The Kier molecular flexibility index (Phi) is 14.6. The predicted octanol–water partition coefficient (Wildman–Crippen LogP) is 3.70. The van der Waals surface area contributed by atoms with Crippen molar-refractivity contribution < 1.29 is 19.2 Å². The molecular weight excluding hydrogens is 616 g/mol. The number of rotatable bonds is 17. The molecule has 3 aromatic carbocycles. The average molecular weight is 669 g/mol. The summed E-state index contributed by atoms with van der Waals surface area (Å²) in [5.74, 6) is -0.557. The van der Waals surface area contributed by atoms with Gasteiger partial charge in [0.15, 0.2) is 0 Å². The molecule has 4 atom stereocenters. The Morgan fingerprint density at radius 3 is 2.00 bits per heavy atom. The molecule has 0 aromatic heterocycles. The van der Waals surface area contributed by atoms with E-state index < -0.39 is 24.2 Å². The van der Waals surface area contributed by atoms with Gasteiger partial charge >= 0.3 is 6.03 Å². The molecule has 0 spiro atoms. The van der Waals surface area contributed by atoms with Crippen molar-refractivity contribution in [1.82, 2.24) is 31.1 Å². The molecule has 1 aliphatic rings. The molecule has 5 amide bonds. The molecule has 4 rings (SSSR count). The van der Waals surface area contributed by atoms with Crippen LogP contribution in [-0.2, 0) is 33.6 Å². The summed E-state index contributed by atoms with van der Waals surface area (Å²) in [5.41, 5.74) is 3.13. The molecule has 1 aliphatic heterocycles. The van der Waals surface area contributed by atoms with Crippen molar-refractivity contribution in [2.45, 2.75) is 76.5 Å². The normalized spacial score (nSPS) is 15.9. The third kappa shape index (κ3) is 11.5. The Labute approximate surface area is 291 Å². The fourth-order valence-corrected chi connectivity index (χ4v) is 6.25. The molecule has 1 fully saturated rings. The average Bonchev–Trinajstić information content (AvgIpc) is 3.60. The number of likely N-dealkylation sites (N-methyl/N-ethyl adjacent to an activating group) is 1. The fraction of sp³-hybridized carbons (Fsp3) is 0.436. The summed E-state index contributed by atoms with van der Waals surface area (Å²) in [7, 11) is 1.72. The van der Waals surface area contributed by atoms with Gasteiger partial charge in [-0.2, -0.15) is 0 Å². The van der Waals surface area contributed by atoms with E-state index in [0.717, 1.165) is 29.5 Å². The maximum Gasteiger partial charge on any atom is 0.315 e. The van der Waals surface area contributed by atoms with Gasteiger partial charge < -0.3 is 31.1 Å². The minimum atomic E-state index is -0.795. The van der Waals surface area contributed by atoms with Crippen LogP contribution in [0.15, 0.2) is 91.0 Å². The number of benzene rings is 3. The highest BCUT2D eigenvalue weighted by Gasteiger charge is 2.37. The van der Waals surface area contributed by atoms with Crippen LogP contribution < -0.4 is 21.3 Å². The molecule has 0 bridgehead atoms. The minimum absolute atomic E-state index is 0.133. The third-order valence-corrected chi connectivity index (χ3v) is 9.15. The van der Waals surface area contributed by atoms with E-state index >= 15 is 0 Å². The third-order valence-electron chi connectivity index (χ3n) is 9.15. The van der Waals surface area contributed by atoms with E-state index in [2.05, 4.69) is 21.3 Å². The van der Waals surface area contributed by atoms with E-state index in [9.17, 15) is 19.2 Å². The summed E-state index contributed by atoms with van der Waals surface area (Å²) in [6.45, 7) is 5.34. The Bertz CT molecular complexity index is 1470. The van der Waals surface area contributed by atoms with Gasteiger partial charge in [0, 0.05) is 38.6 Å². The van der Waals surface area contributed by atoms with E-state index in [0.29, 0.717) is 51.9 Å². The number of hydrogen-bond acceptors (Lipinski definition) is 5. The van der Waals surface area contributed by atoms with Crippen molar-refractivity contribution in [2.75, 3.05) is 33.2 Å². The van der Waals surface area contributed by atoms with Gasteiger partial charge in [-0.1, -0.05) is 91.0 Å². The van der Waals surface area contributed by atoms with Gasteiger partial charge in [0.05, 0.1) is 6.04 Å². The highest BCUT2D eigenvalue weighted by molar-refractivity contribution is 5.90. The summed E-state index contributed by atoms with van der Waals surface area (Å²) in [6, 6.07) is 27.0. The number of carbonyl (C=O) groups excluding carboxylic acids is 4. The zero-order chi connectivity index (χ0) is 35.0. The lowest BCUT2D eigenvalue weighted by molar-refractivity contribution is -0.140. The minimum Gasteiger partial charge on any atom is -0.343 e. The second-order valence-corrected chi connectivity index (χ2v) is 12.7. The van der Waals surface area contributed by atoms with Gasteiger partial charge in [0.1, 0.15) is 12.1 Å². The van der Waals surface area contributed by atoms with E-state index in [-0.39, 0.29) is 23.8 Å². The first-order chi connectivity index (χ1) is 23.8. The summed E-state index contributed by atoms with van der Waals surface area (Å²) in [4.78, 5) is 58.1. The van der Waals surface area contributed by atoms with Crippen LogP contribution in [0.5, 0.6) is 0 Å². The number of hydrogen-bond donors (Lipinski definition) is 4. The highest BCUT2D eigenvalue weighted by atomic mass is 16.2. The zero-order valence-corrected chi connectivity index (χ0v) is 29.1. The van der Waals surface area contributed by atoms with Crippen LogP contribution >= 0.6 is 0 Å². The van der Waals surface area contributed by atoms with Gasteiger partial charge in [-0.05, 0) is 69.7 Å². The number of likely N-dealkylation sites (tertiary alicyclic amines) is 1. The van der Waals surface area contributed by atoms with Crippen molar-refractivity contribution in [2.24, 2.45) is 0 Å². The lowest BCUT2D eigenvalue weighted by Gasteiger charge is -2.35. The SMILES string of the molecule is CCNC(=O)N[C@H](Cc1ccccc1)C(=O)N(CCc1ccccc1)C[C@@H]1CCCN1C(=O)[C@H](CCc1ccccc1)NC(=O)[C@H](C)NC. The largest absolute Gasteiger partial charge is 0.343 e. The molecule has 0 unspecified atom stereocenters. The van der Waals surface area contributed by atoms with Gasteiger partial charge in [-0.15, -0.1) is 0 Å². The molecule has 0 radical (unpaired) electrons. The fourth-order valence-electron chi connectivity index (χ4n) is 6.25. The van der Waals surface area contributed by atoms with Crippen LogP contribution in [0.25, 0.3) is 0 Å². The molecule has 0 saturated carbocycles. The Morgan fingerprint density at radius 1 is 0.816 bits per heavy atom. The zero-order valence-electron chi connectivity index (χ0n) is 29.1. The lowest BCUT2D eigenvalue weighted by atomic mass is 10.0. The number of nitrogens with one attached hydrogen (secondary N) is 4. The predicted molar refractivity (Wildman–Crippen MR) is 193 cm³/mol. The second-order valence-electron chi connectivity index (χ2n) is 12.7. The van der Waals surface area contributed by atoms with Crippen LogP contribution in [0.3, 0.4) is 0 Å². The standard InChI is InChI=1S/C39H52N6O4/c1-4-41-39(49)43-35(27-32-19-12-7-13-20-32)37(47)44(26-24-31-17-10-6-11-18-31)28-33-21-14-25-45(33)38(48)34(42-36(46)29(2)40-3)23-22-30-15-8-5-9-16-30/h5-13,15-20,29,33-35,40H,4,14,21-28H2,1-3H3,(H,42,46)(H2,41,43,49)/t29-,33-,34-,35+/m0/s1. The summed E-state index contributed by atoms with van der Waals surface area (Å²) < 4.78 is 0. The van der Waals surface area contributed by atoms with Crippen molar-refractivity contribution >= 4 is 23.8 Å². The maximum atomic E-state index is 14.4. The van der Waals surface area contributed by atoms with Crippen molar-refractivity contribution in [1.29, 1.82) is 0 Å². The molecule has 4 N–H and O–H groups in total. The van der Waals surface area contributed by atoms with E-state index in [1.54, 1.807) is 14.0 Å². The maximum absolute atomic E-state index is 14.4. The molecule has 3 aromatic rings. The quantitative estimate of drug-likeness (QED) is 0.175. The molecule has 262 valence electrons. The summed E-state index contributed by atoms with van der Waals surface area (Å²) in [5, 5.41) is 11.6. The van der Waals surface area contributed by atoms with Gasteiger partial charge in [-0.3, -0.25) is 14.4 Å². The molecular formula is C39H52N6O4. The molecule has 0 aliphatic carbocycles. The number of carbonyl (C=O) groups is 4. The van der Waals surface area contributed by atoms with E-state index in [4.69, 9.17) is 0 Å². The topological polar surface area (TPSA) is 123 Å². The smallest absolute Gasteiger partial charge is 0.315 e. The molecule has 1 heterocycles. The van der Waals surface area contributed by atoms with E-state index in [1.165, 1.54) is 0 Å². The van der Waals surface area contributed by atoms with Crippen LogP contribution in [0.2, 0.25) is 0 Å². The lowest BCUT2D eigenvalue weighted by Crippen LogP contribution is -2.57. The first kappa shape index (κ1) is 37.1. The first-order valence-corrected chi connectivity index (χ1v) is 17.5. The Morgan fingerprint density at radius 2 is 1.41 bits per heavy atom.